The van der Waals surface area contributed by atoms with Gasteiger partial charge in [0.1, 0.15) is 17.9 Å². The van der Waals surface area contributed by atoms with Crippen LogP contribution in [0.2, 0.25) is 0 Å². The summed E-state index contributed by atoms with van der Waals surface area (Å²) in [5.74, 6) is -0.933. The summed E-state index contributed by atoms with van der Waals surface area (Å²) < 4.78 is 41.1. The molecule has 0 bridgehead atoms. The van der Waals surface area contributed by atoms with Gasteiger partial charge < -0.3 is 14.8 Å². The Morgan fingerprint density at radius 2 is 1.82 bits per heavy atom. The standard InChI is InChI=1S/C27H26F3N5O2.ClH/c1-18-15-31-17-34(18)22-10-5-7-19(13-22)24-25(37)35(26(33-24)11-3-2-4-12-26)16-23(36)32-21-9-6-8-20(14-21)27(28,29)30;/h5-10,13-15,17H,2-4,11-12,16H2,1H3,(H,32,36);1H. The van der Waals surface area contributed by atoms with Crippen molar-refractivity contribution in [1.29, 1.82) is 0 Å². The van der Waals surface area contributed by atoms with Gasteiger partial charge in [0, 0.05) is 28.8 Å². The van der Waals surface area contributed by atoms with Gasteiger partial charge in [-0.25, -0.2) is 4.98 Å². The molecule has 2 aliphatic rings. The molecule has 5 rings (SSSR count). The fraction of sp³-hybridized carbons (Fsp3) is 0.333. The quantitative estimate of drug-likeness (QED) is 0.456. The van der Waals surface area contributed by atoms with E-state index >= 15 is 0 Å². The Hall–Kier alpha value is -3.66. The smallest absolute Gasteiger partial charge is 0.325 e. The van der Waals surface area contributed by atoms with E-state index in [1.807, 2.05) is 35.8 Å². The third-order valence-corrected chi connectivity index (χ3v) is 6.92. The van der Waals surface area contributed by atoms with E-state index in [9.17, 15) is 22.8 Å². The van der Waals surface area contributed by atoms with Gasteiger partial charge in [0.25, 0.3) is 5.91 Å². The molecule has 1 fully saturated rings. The van der Waals surface area contributed by atoms with E-state index in [1.165, 1.54) is 17.0 Å². The molecular weight excluding hydrogens is 519 g/mol. The summed E-state index contributed by atoms with van der Waals surface area (Å²) in [7, 11) is 0. The van der Waals surface area contributed by atoms with E-state index in [4.69, 9.17) is 4.99 Å². The molecule has 2 amide bonds. The van der Waals surface area contributed by atoms with Crippen molar-refractivity contribution in [3.63, 3.8) is 0 Å². The molecular formula is C27H27ClF3N5O2. The molecule has 0 radical (unpaired) electrons. The van der Waals surface area contributed by atoms with Crippen molar-refractivity contribution < 1.29 is 22.8 Å². The van der Waals surface area contributed by atoms with Gasteiger partial charge in [-0.2, -0.15) is 13.2 Å². The van der Waals surface area contributed by atoms with Gasteiger partial charge in [0.15, 0.2) is 0 Å². The second-order valence-corrected chi connectivity index (χ2v) is 9.48. The first-order valence-corrected chi connectivity index (χ1v) is 12.1. The monoisotopic (exact) mass is 545 g/mol. The predicted octanol–water partition coefficient (Wildman–Crippen LogP) is 5.55. The van der Waals surface area contributed by atoms with Crippen molar-refractivity contribution in [2.75, 3.05) is 11.9 Å². The van der Waals surface area contributed by atoms with Gasteiger partial charge in [0.2, 0.25) is 5.91 Å². The molecule has 2 heterocycles. The van der Waals surface area contributed by atoms with Gasteiger partial charge >= 0.3 is 6.18 Å². The number of carbonyl (C=O) groups is 2. The van der Waals surface area contributed by atoms with Gasteiger partial charge in [0.05, 0.1) is 11.9 Å². The normalized spacial score (nSPS) is 16.8. The molecule has 200 valence electrons. The number of aromatic nitrogens is 2. The molecule has 1 aliphatic carbocycles. The van der Waals surface area contributed by atoms with E-state index in [2.05, 4.69) is 10.3 Å². The third-order valence-electron chi connectivity index (χ3n) is 6.92. The molecule has 11 heteroatoms. The summed E-state index contributed by atoms with van der Waals surface area (Å²) in [6.45, 7) is 1.63. The summed E-state index contributed by atoms with van der Waals surface area (Å²) >= 11 is 0. The minimum atomic E-state index is -4.52. The van der Waals surface area contributed by atoms with Crippen LogP contribution in [0.1, 0.15) is 48.9 Å². The van der Waals surface area contributed by atoms with Crippen molar-refractivity contribution in [2.24, 2.45) is 4.99 Å². The lowest BCUT2D eigenvalue weighted by Crippen LogP contribution is -2.51. The summed E-state index contributed by atoms with van der Waals surface area (Å²) in [4.78, 5) is 37.2. The zero-order chi connectivity index (χ0) is 26.2. The molecule has 7 nitrogen and oxygen atoms in total. The van der Waals surface area contributed by atoms with Crippen LogP contribution in [-0.2, 0) is 15.8 Å². The Kier molecular flexibility index (Phi) is 7.64. The maximum atomic E-state index is 13.7. The van der Waals surface area contributed by atoms with Crippen LogP contribution in [0.4, 0.5) is 18.9 Å². The summed E-state index contributed by atoms with van der Waals surface area (Å²) in [6.07, 6.45) is 2.91. The van der Waals surface area contributed by atoms with Crippen LogP contribution in [0, 0.1) is 6.92 Å². The molecule has 2 aromatic carbocycles. The van der Waals surface area contributed by atoms with Crippen LogP contribution in [-0.4, -0.2) is 44.2 Å². The number of amides is 2. The number of aryl methyl sites for hydroxylation is 1. The second-order valence-electron chi connectivity index (χ2n) is 9.48. The lowest BCUT2D eigenvalue weighted by molar-refractivity contribution is -0.137. The minimum absolute atomic E-state index is 0. The van der Waals surface area contributed by atoms with E-state index < -0.39 is 23.3 Å². The number of halogens is 4. The highest BCUT2D eigenvalue weighted by atomic mass is 35.5. The van der Waals surface area contributed by atoms with E-state index in [-0.39, 0.29) is 36.3 Å². The summed E-state index contributed by atoms with van der Waals surface area (Å²) in [5, 5.41) is 2.52. The number of hydrogen-bond donors (Lipinski definition) is 1. The molecule has 1 saturated carbocycles. The topological polar surface area (TPSA) is 79.6 Å². The Labute approximate surface area is 224 Å². The number of aliphatic imine (C=N–C) groups is 1. The van der Waals surface area contributed by atoms with Crippen LogP contribution in [0.25, 0.3) is 5.69 Å². The maximum Gasteiger partial charge on any atom is 0.416 e. The predicted molar refractivity (Wildman–Crippen MR) is 140 cm³/mol. The number of benzene rings is 2. The van der Waals surface area contributed by atoms with Crippen molar-refractivity contribution in [2.45, 2.75) is 50.9 Å². The van der Waals surface area contributed by atoms with Crippen LogP contribution in [0.15, 0.2) is 66.0 Å². The Morgan fingerprint density at radius 3 is 2.50 bits per heavy atom. The van der Waals surface area contributed by atoms with Gasteiger partial charge in [-0.05, 0) is 62.9 Å². The number of nitrogens with zero attached hydrogens (tertiary/aromatic N) is 4. The zero-order valence-electron chi connectivity index (χ0n) is 20.7. The first-order chi connectivity index (χ1) is 17.7. The summed E-state index contributed by atoms with van der Waals surface area (Å²) in [5.41, 5.74) is 1.03. The molecule has 1 aromatic heterocycles. The van der Waals surface area contributed by atoms with E-state index in [1.54, 1.807) is 12.5 Å². The third kappa shape index (κ3) is 5.31. The first kappa shape index (κ1) is 27.4. The van der Waals surface area contributed by atoms with Crippen molar-refractivity contribution >= 4 is 35.6 Å². The molecule has 0 unspecified atom stereocenters. The molecule has 1 aliphatic heterocycles. The Balaban J connectivity index is 0.00000336. The van der Waals surface area contributed by atoms with Crippen molar-refractivity contribution in [3.05, 3.63) is 77.9 Å². The highest BCUT2D eigenvalue weighted by Crippen LogP contribution is 2.40. The molecule has 1 spiro atoms. The zero-order valence-corrected chi connectivity index (χ0v) is 21.5. The Morgan fingerprint density at radius 1 is 1.08 bits per heavy atom. The average Bonchev–Trinajstić information content (AvgIpc) is 3.41. The largest absolute Gasteiger partial charge is 0.416 e. The molecule has 38 heavy (non-hydrogen) atoms. The number of carbonyl (C=O) groups excluding carboxylic acids is 2. The van der Waals surface area contributed by atoms with E-state index in [0.717, 1.165) is 42.8 Å². The molecule has 0 atom stereocenters. The van der Waals surface area contributed by atoms with Gasteiger partial charge in [-0.1, -0.05) is 24.6 Å². The molecule has 1 N–H and O–H groups in total. The van der Waals surface area contributed by atoms with Crippen molar-refractivity contribution in [3.8, 4) is 5.69 Å². The summed E-state index contributed by atoms with van der Waals surface area (Å²) in [6, 6.07) is 11.9. The fourth-order valence-corrected chi connectivity index (χ4v) is 5.09. The number of rotatable bonds is 5. The second kappa shape index (κ2) is 10.6. The average molecular weight is 546 g/mol. The minimum Gasteiger partial charge on any atom is -0.325 e. The molecule has 0 saturated heterocycles. The fourth-order valence-electron chi connectivity index (χ4n) is 5.09. The SMILES string of the molecule is Cc1cncn1-c1cccc(C2=NC3(CCCCC3)N(CC(=O)Nc3cccc(C(F)(F)F)c3)C2=O)c1.Cl. The lowest BCUT2D eigenvalue weighted by Gasteiger charge is -2.38. The highest BCUT2D eigenvalue weighted by Gasteiger charge is 2.48. The Bertz CT molecular complexity index is 1380. The number of imidazole rings is 1. The van der Waals surface area contributed by atoms with Crippen LogP contribution in [0.5, 0.6) is 0 Å². The maximum absolute atomic E-state index is 13.7. The first-order valence-electron chi connectivity index (χ1n) is 12.1. The number of alkyl halides is 3. The number of hydrogen-bond acceptors (Lipinski definition) is 4. The van der Waals surface area contributed by atoms with Crippen LogP contribution >= 0.6 is 12.4 Å². The van der Waals surface area contributed by atoms with Crippen molar-refractivity contribution in [1.82, 2.24) is 14.5 Å². The van der Waals surface area contributed by atoms with Gasteiger partial charge in [-0.3, -0.25) is 14.6 Å². The number of nitrogens with one attached hydrogen (secondary N) is 1. The number of anilines is 1. The van der Waals surface area contributed by atoms with Crippen LogP contribution < -0.4 is 5.32 Å². The lowest BCUT2D eigenvalue weighted by atomic mass is 9.88. The van der Waals surface area contributed by atoms with Crippen LogP contribution in [0.3, 0.4) is 0 Å². The highest BCUT2D eigenvalue weighted by molar-refractivity contribution is 6.47. The van der Waals surface area contributed by atoms with E-state index in [0.29, 0.717) is 18.4 Å². The van der Waals surface area contributed by atoms with Gasteiger partial charge in [-0.15, -0.1) is 12.4 Å². The molecule has 3 aromatic rings.